The molecule has 0 radical (unpaired) electrons. The van der Waals surface area contributed by atoms with Gasteiger partial charge in [0, 0.05) is 20.0 Å². The molecule has 2 aliphatic rings. The van der Waals surface area contributed by atoms with Crippen LogP contribution in [-0.4, -0.2) is 69.0 Å². The molecule has 1 saturated carbocycles. The fourth-order valence-corrected chi connectivity index (χ4v) is 4.20. The Morgan fingerprint density at radius 1 is 1.11 bits per heavy atom. The maximum atomic E-state index is 11.3. The molecule has 1 aliphatic heterocycles. The van der Waals surface area contributed by atoms with Crippen molar-refractivity contribution in [1.82, 2.24) is 19.9 Å². The van der Waals surface area contributed by atoms with Crippen LogP contribution in [0, 0.1) is 25.2 Å². The summed E-state index contributed by atoms with van der Waals surface area (Å²) in [4.78, 5) is 37.1. The molecule has 4 atom stereocenters. The van der Waals surface area contributed by atoms with Crippen LogP contribution in [0.3, 0.4) is 0 Å². The zero-order chi connectivity index (χ0) is 27.4. The van der Waals surface area contributed by atoms with Crippen LogP contribution in [0.25, 0.3) is 11.2 Å². The van der Waals surface area contributed by atoms with Crippen molar-refractivity contribution in [3.8, 4) is 12.3 Å². The second-order valence-electron chi connectivity index (χ2n) is 9.21. The highest BCUT2D eigenvalue weighted by atomic mass is 16.6. The number of hydrogen-bond acceptors (Lipinski definition) is 9. The van der Waals surface area contributed by atoms with Gasteiger partial charge in [-0.3, -0.25) is 9.59 Å². The Labute approximate surface area is 226 Å². The molecule has 212 valence electrons. The van der Waals surface area contributed by atoms with Gasteiger partial charge in [0.2, 0.25) is 0 Å². The van der Waals surface area contributed by atoms with E-state index < -0.39 is 30.4 Å². The summed E-state index contributed by atoms with van der Waals surface area (Å²) in [6, 6.07) is 0. The zero-order valence-corrected chi connectivity index (χ0v) is 22.7. The first-order valence-electron chi connectivity index (χ1n) is 12.9. The van der Waals surface area contributed by atoms with E-state index in [1.165, 1.54) is 38.9 Å². The minimum Gasteiger partial charge on any atom is -0.455 e. The number of terminal acetylenes is 1. The van der Waals surface area contributed by atoms with Crippen LogP contribution in [0.4, 0.5) is 0 Å². The number of nitrogens with zero attached hydrogens (tertiary/aromatic N) is 3. The van der Waals surface area contributed by atoms with E-state index in [9.17, 15) is 9.59 Å². The Morgan fingerprint density at radius 3 is 2.34 bits per heavy atom. The zero-order valence-electron chi connectivity index (χ0n) is 22.7. The van der Waals surface area contributed by atoms with Gasteiger partial charge in [0.05, 0.1) is 24.2 Å². The third-order valence-corrected chi connectivity index (χ3v) is 6.25. The summed E-state index contributed by atoms with van der Waals surface area (Å²) in [6.07, 6.45) is 12.1. The molecule has 2 aromatic heterocycles. The molecule has 10 nitrogen and oxygen atoms in total. The molecule has 10 heteroatoms. The number of ether oxygens (including phenoxy) is 4. The van der Waals surface area contributed by atoms with E-state index in [2.05, 4.69) is 39.7 Å². The predicted octanol–water partition coefficient (Wildman–Crippen LogP) is 4.56. The van der Waals surface area contributed by atoms with E-state index in [1.807, 2.05) is 6.92 Å². The number of H-pyrrole nitrogens is 1. The lowest BCUT2D eigenvalue weighted by Crippen LogP contribution is -2.39. The third-order valence-electron chi connectivity index (χ3n) is 6.25. The van der Waals surface area contributed by atoms with E-state index in [-0.39, 0.29) is 19.8 Å². The van der Waals surface area contributed by atoms with Gasteiger partial charge in [0.15, 0.2) is 24.0 Å². The van der Waals surface area contributed by atoms with Gasteiger partial charge in [-0.15, -0.1) is 6.42 Å². The second kappa shape index (κ2) is 16.7. The number of rotatable bonds is 5. The molecule has 0 spiro atoms. The summed E-state index contributed by atoms with van der Waals surface area (Å²) < 4.78 is 21.2. The molecule has 1 saturated heterocycles. The van der Waals surface area contributed by atoms with E-state index in [0.717, 1.165) is 29.4 Å². The fraction of sp³-hybridized carbons (Fsp3) is 0.679. The lowest BCUT2D eigenvalue weighted by atomic mass is 9.89. The normalized spacial score (nSPS) is 25.9. The standard InChI is InChI=1S/C12H16O5.C9H18O.C6H6N4.CH4/c1-5-9-12(16-8(4)13)11(7(3)15-9)17-10(14)6-2;1-3-10-9-6-4-8(2)5-7-9;1-4-5-6(9-2-7-4)10-3-8-5;/h1,7,9,11-12H,6H2,2-4H3;8-9H,3-7H2,1-2H3;2-3H,1H3,(H,7,8,9,10);1H4/t7-,9+,11-,12+;;;/m0.../s1. The van der Waals surface area contributed by atoms with E-state index in [0.29, 0.717) is 6.10 Å². The Hall–Kier alpha value is -3.03. The molecule has 38 heavy (non-hydrogen) atoms. The monoisotopic (exact) mass is 532 g/mol. The number of fused-ring (bicyclic) bond motifs is 1. The molecule has 1 N–H and O–H groups in total. The van der Waals surface area contributed by atoms with Crippen molar-refractivity contribution in [3.05, 3.63) is 18.3 Å². The third kappa shape index (κ3) is 10.0. The van der Waals surface area contributed by atoms with Crippen molar-refractivity contribution in [2.24, 2.45) is 5.92 Å². The van der Waals surface area contributed by atoms with Crippen LogP contribution >= 0.6 is 0 Å². The Kier molecular flexibility index (Phi) is 14.5. The van der Waals surface area contributed by atoms with Crippen molar-refractivity contribution in [1.29, 1.82) is 0 Å². The van der Waals surface area contributed by atoms with Crippen LogP contribution in [0.1, 0.15) is 79.8 Å². The molecule has 0 bridgehead atoms. The molecule has 0 amide bonds. The number of esters is 2. The molecular formula is C28H44N4O6. The van der Waals surface area contributed by atoms with Crippen LogP contribution in [0.2, 0.25) is 0 Å². The number of aromatic amines is 1. The van der Waals surface area contributed by atoms with Gasteiger partial charge in [-0.25, -0.2) is 15.0 Å². The lowest BCUT2D eigenvalue weighted by Gasteiger charge is -2.25. The number of carbonyl (C=O) groups is 2. The lowest BCUT2D eigenvalue weighted by molar-refractivity contribution is -0.164. The summed E-state index contributed by atoms with van der Waals surface area (Å²) in [7, 11) is 0. The van der Waals surface area contributed by atoms with Crippen molar-refractivity contribution in [2.75, 3.05) is 6.61 Å². The number of hydrogen-bond donors (Lipinski definition) is 1. The van der Waals surface area contributed by atoms with Crippen molar-refractivity contribution >= 4 is 23.1 Å². The SMILES string of the molecule is C.C#C[C@H]1O[C@@H](C)[C@H](OC(=O)CC)[C@@H]1OC(C)=O.CCOC1CCC(C)CC1.Cc1ncnc2nc[nH]c12. The molecule has 1 aliphatic carbocycles. The highest BCUT2D eigenvalue weighted by Crippen LogP contribution is 2.27. The highest BCUT2D eigenvalue weighted by Gasteiger charge is 2.46. The maximum Gasteiger partial charge on any atom is 0.306 e. The van der Waals surface area contributed by atoms with E-state index in [4.69, 9.17) is 25.4 Å². The summed E-state index contributed by atoms with van der Waals surface area (Å²) in [6.45, 7) is 11.9. The molecule has 4 rings (SSSR count). The Morgan fingerprint density at radius 2 is 1.79 bits per heavy atom. The summed E-state index contributed by atoms with van der Waals surface area (Å²) >= 11 is 0. The largest absolute Gasteiger partial charge is 0.455 e. The van der Waals surface area contributed by atoms with E-state index >= 15 is 0 Å². The fourth-order valence-electron chi connectivity index (χ4n) is 4.20. The number of aryl methyl sites for hydroxylation is 1. The predicted molar refractivity (Wildman–Crippen MR) is 145 cm³/mol. The number of aromatic nitrogens is 4. The topological polar surface area (TPSA) is 126 Å². The first-order chi connectivity index (χ1) is 17.7. The molecule has 2 aromatic rings. The van der Waals surface area contributed by atoms with Crippen molar-refractivity contribution in [2.45, 2.75) is 112 Å². The molecule has 0 aromatic carbocycles. The molecular weight excluding hydrogens is 488 g/mol. The molecule has 0 unspecified atom stereocenters. The molecule has 3 heterocycles. The van der Waals surface area contributed by atoms with Gasteiger partial charge in [0.25, 0.3) is 0 Å². The van der Waals surface area contributed by atoms with Crippen LogP contribution < -0.4 is 0 Å². The number of carbonyl (C=O) groups excluding carboxylic acids is 2. The Balaban J connectivity index is 0.000000296. The van der Waals surface area contributed by atoms with E-state index in [1.54, 1.807) is 20.2 Å². The van der Waals surface area contributed by atoms with Crippen molar-refractivity contribution < 1.29 is 28.5 Å². The van der Waals surface area contributed by atoms with Gasteiger partial charge in [0.1, 0.15) is 11.8 Å². The number of imidazole rings is 1. The average molecular weight is 533 g/mol. The first kappa shape index (κ1) is 33.0. The smallest absolute Gasteiger partial charge is 0.306 e. The van der Waals surface area contributed by atoms with Gasteiger partial charge in [-0.05, 0) is 52.4 Å². The van der Waals surface area contributed by atoms with Gasteiger partial charge >= 0.3 is 11.9 Å². The quantitative estimate of drug-likeness (QED) is 0.436. The second-order valence-corrected chi connectivity index (χ2v) is 9.21. The Bertz CT molecular complexity index is 1030. The minimum atomic E-state index is -0.733. The minimum absolute atomic E-state index is 0. The average Bonchev–Trinajstić information content (AvgIpc) is 3.47. The summed E-state index contributed by atoms with van der Waals surface area (Å²) in [5.41, 5.74) is 2.58. The summed E-state index contributed by atoms with van der Waals surface area (Å²) in [5, 5.41) is 0. The summed E-state index contributed by atoms with van der Waals surface area (Å²) in [5.74, 6) is 2.47. The van der Waals surface area contributed by atoms with Crippen LogP contribution in [0.5, 0.6) is 0 Å². The van der Waals surface area contributed by atoms with Crippen LogP contribution in [-0.2, 0) is 28.5 Å². The van der Waals surface area contributed by atoms with Crippen molar-refractivity contribution in [3.63, 3.8) is 0 Å². The van der Waals surface area contributed by atoms with Gasteiger partial charge < -0.3 is 23.9 Å². The highest BCUT2D eigenvalue weighted by molar-refractivity contribution is 5.71. The maximum absolute atomic E-state index is 11.3. The first-order valence-corrected chi connectivity index (χ1v) is 12.9. The van der Waals surface area contributed by atoms with Crippen LogP contribution in [0.15, 0.2) is 12.7 Å². The van der Waals surface area contributed by atoms with Gasteiger partial charge in [-0.2, -0.15) is 0 Å². The number of nitrogens with one attached hydrogen (secondary N) is 1. The molecule has 2 fully saturated rings. The van der Waals surface area contributed by atoms with Gasteiger partial charge in [-0.1, -0.05) is 27.2 Å².